The maximum absolute atomic E-state index is 14.1. The molecule has 0 bridgehead atoms. The Kier molecular flexibility index (Phi) is 5.68. The molecule has 7 heteroatoms. The van der Waals surface area contributed by atoms with Crippen molar-refractivity contribution in [1.29, 1.82) is 0 Å². The molecular formula is C20H25FN2O3S. The molecule has 0 N–H and O–H groups in total. The maximum atomic E-state index is 14.1. The fourth-order valence-electron chi connectivity index (χ4n) is 4.26. The second kappa shape index (κ2) is 8.19. The lowest BCUT2D eigenvalue weighted by Gasteiger charge is -2.36. The van der Waals surface area contributed by atoms with Crippen LogP contribution in [0.4, 0.5) is 4.39 Å². The largest absolute Gasteiger partial charge is 0.370 e. The molecule has 0 radical (unpaired) electrons. The maximum Gasteiger partial charge on any atom is 0.246 e. The van der Waals surface area contributed by atoms with Crippen LogP contribution in [-0.2, 0) is 14.3 Å². The number of thioether (sulfide) groups is 1. The quantitative estimate of drug-likeness (QED) is 0.794. The summed E-state index contributed by atoms with van der Waals surface area (Å²) in [6.45, 7) is 1.18. The number of benzene rings is 1. The molecule has 2 heterocycles. The van der Waals surface area contributed by atoms with Gasteiger partial charge in [0.15, 0.2) is 0 Å². The summed E-state index contributed by atoms with van der Waals surface area (Å²) in [6, 6.07) is 6.14. The summed E-state index contributed by atoms with van der Waals surface area (Å²) < 4.78 is 19.8. The number of ether oxygens (including phenoxy) is 1. The van der Waals surface area contributed by atoms with Crippen molar-refractivity contribution in [3.8, 4) is 0 Å². The van der Waals surface area contributed by atoms with Gasteiger partial charge in [-0.1, -0.05) is 31.0 Å². The molecule has 5 nitrogen and oxygen atoms in total. The lowest BCUT2D eigenvalue weighted by Crippen LogP contribution is -2.53. The molecule has 1 aromatic carbocycles. The number of hydrogen-bond acceptors (Lipinski definition) is 4. The van der Waals surface area contributed by atoms with Gasteiger partial charge >= 0.3 is 0 Å². The summed E-state index contributed by atoms with van der Waals surface area (Å²) in [4.78, 5) is 29.5. The number of carbonyl (C=O) groups excluding carboxylic acids is 2. The standard InChI is InChI=1S/C20H25FN2O3S/c21-16-8-4-3-7-15(16)18-11-22(9-10-26-18)20(25)17-12-27-13-23(17)19(24)14-5-1-2-6-14/h3-4,7-8,14,17-18H,1-2,5-6,9-13H2. The lowest BCUT2D eigenvalue weighted by molar-refractivity contribution is -0.150. The van der Waals surface area contributed by atoms with Gasteiger partial charge in [-0.3, -0.25) is 9.59 Å². The van der Waals surface area contributed by atoms with E-state index in [1.165, 1.54) is 6.07 Å². The van der Waals surface area contributed by atoms with Crippen molar-refractivity contribution in [2.45, 2.75) is 37.8 Å². The highest BCUT2D eigenvalue weighted by molar-refractivity contribution is 7.99. The van der Waals surface area contributed by atoms with E-state index in [1.54, 1.807) is 39.8 Å². The van der Waals surface area contributed by atoms with E-state index in [1.807, 2.05) is 0 Å². The summed E-state index contributed by atoms with van der Waals surface area (Å²) in [5, 5.41) is 0. The molecule has 0 spiro atoms. The Morgan fingerprint density at radius 2 is 1.93 bits per heavy atom. The van der Waals surface area contributed by atoms with Gasteiger partial charge in [-0.2, -0.15) is 0 Å². The summed E-state index contributed by atoms with van der Waals surface area (Å²) >= 11 is 1.64. The summed E-state index contributed by atoms with van der Waals surface area (Å²) in [7, 11) is 0. The normalized spacial score (nSPS) is 26.6. The van der Waals surface area contributed by atoms with Crippen LogP contribution in [0.2, 0.25) is 0 Å². The van der Waals surface area contributed by atoms with Crippen LogP contribution in [0.5, 0.6) is 0 Å². The Labute approximate surface area is 163 Å². The van der Waals surface area contributed by atoms with E-state index in [9.17, 15) is 14.0 Å². The average Bonchev–Trinajstić information content (AvgIpc) is 3.39. The van der Waals surface area contributed by atoms with Gasteiger partial charge in [-0.15, -0.1) is 11.8 Å². The van der Waals surface area contributed by atoms with Crippen molar-refractivity contribution < 1.29 is 18.7 Å². The molecule has 2 saturated heterocycles. The van der Waals surface area contributed by atoms with Crippen LogP contribution >= 0.6 is 11.8 Å². The minimum Gasteiger partial charge on any atom is -0.370 e. The monoisotopic (exact) mass is 392 g/mol. The number of amides is 2. The van der Waals surface area contributed by atoms with E-state index in [0.29, 0.717) is 36.9 Å². The number of halogens is 1. The van der Waals surface area contributed by atoms with E-state index in [2.05, 4.69) is 0 Å². The first-order valence-electron chi connectivity index (χ1n) is 9.68. The Balaban J connectivity index is 1.45. The molecule has 1 aromatic rings. The van der Waals surface area contributed by atoms with E-state index >= 15 is 0 Å². The molecule has 2 aliphatic heterocycles. The highest BCUT2D eigenvalue weighted by atomic mass is 32.2. The van der Waals surface area contributed by atoms with E-state index in [0.717, 1.165) is 25.7 Å². The Morgan fingerprint density at radius 1 is 1.15 bits per heavy atom. The minimum absolute atomic E-state index is 0.0315. The molecule has 4 rings (SSSR count). The molecule has 1 aliphatic carbocycles. The third-order valence-electron chi connectivity index (χ3n) is 5.79. The lowest BCUT2D eigenvalue weighted by atomic mass is 10.0. The zero-order valence-electron chi connectivity index (χ0n) is 15.3. The zero-order valence-corrected chi connectivity index (χ0v) is 16.1. The van der Waals surface area contributed by atoms with Gasteiger partial charge in [-0.25, -0.2) is 4.39 Å². The molecule has 2 unspecified atom stereocenters. The topological polar surface area (TPSA) is 49.9 Å². The van der Waals surface area contributed by atoms with Crippen molar-refractivity contribution in [3.63, 3.8) is 0 Å². The first-order chi connectivity index (χ1) is 13.1. The predicted octanol–water partition coefficient (Wildman–Crippen LogP) is 2.82. The number of rotatable bonds is 3. The Morgan fingerprint density at radius 3 is 2.70 bits per heavy atom. The molecule has 2 amide bonds. The average molecular weight is 392 g/mol. The second-order valence-corrected chi connectivity index (χ2v) is 8.47. The number of nitrogens with zero attached hydrogens (tertiary/aromatic N) is 2. The second-order valence-electron chi connectivity index (χ2n) is 7.47. The molecule has 3 aliphatic rings. The van der Waals surface area contributed by atoms with E-state index in [-0.39, 0.29) is 23.5 Å². The fraction of sp³-hybridized carbons (Fsp3) is 0.600. The van der Waals surface area contributed by atoms with E-state index < -0.39 is 12.1 Å². The first kappa shape index (κ1) is 18.7. The fourth-order valence-corrected chi connectivity index (χ4v) is 5.41. The minimum atomic E-state index is -0.461. The van der Waals surface area contributed by atoms with Gasteiger partial charge in [0.05, 0.1) is 19.0 Å². The van der Waals surface area contributed by atoms with Crippen LogP contribution in [0.15, 0.2) is 24.3 Å². The molecule has 1 saturated carbocycles. The Bertz CT molecular complexity index is 710. The van der Waals surface area contributed by atoms with Gasteiger partial charge in [0, 0.05) is 23.8 Å². The zero-order chi connectivity index (χ0) is 18.8. The molecule has 2 atom stereocenters. The summed E-state index contributed by atoms with van der Waals surface area (Å²) in [5.74, 6) is 1.10. The third kappa shape index (κ3) is 3.85. The smallest absolute Gasteiger partial charge is 0.246 e. The van der Waals surface area contributed by atoms with Crippen molar-refractivity contribution in [1.82, 2.24) is 9.80 Å². The third-order valence-corrected chi connectivity index (χ3v) is 6.80. The van der Waals surface area contributed by atoms with Crippen LogP contribution < -0.4 is 0 Å². The van der Waals surface area contributed by atoms with Gasteiger partial charge in [0.1, 0.15) is 18.0 Å². The first-order valence-corrected chi connectivity index (χ1v) is 10.8. The van der Waals surface area contributed by atoms with Crippen molar-refractivity contribution in [2.75, 3.05) is 31.3 Å². The van der Waals surface area contributed by atoms with Crippen molar-refractivity contribution in [2.24, 2.45) is 5.92 Å². The molecule has 3 fully saturated rings. The Hall–Kier alpha value is -1.60. The summed E-state index contributed by atoms with van der Waals surface area (Å²) in [6.07, 6.45) is 3.62. The summed E-state index contributed by atoms with van der Waals surface area (Å²) in [5.41, 5.74) is 0.481. The highest BCUT2D eigenvalue weighted by Crippen LogP contribution is 2.32. The van der Waals surface area contributed by atoms with Crippen LogP contribution in [0.1, 0.15) is 37.4 Å². The van der Waals surface area contributed by atoms with Crippen LogP contribution in [0.3, 0.4) is 0 Å². The van der Waals surface area contributed by atoms with Gasteiger partial charge < -0.3 is 14.5 Å². The van der Waals surface area contributed by atoms with E-state index in [4.69, 9.17) is 4.74 Å². The molecule has 27 heavy (non-hydrogen) atoms. The van der Waals surface area contributed by atoms with Crippen molar-refractivity contribution in [3.05, 3.63) is 35.6 Å². The number of morpholine rings is 1. The SMILES string of the molecule is O=C(C1CSCN1C(=O)C1CCCC1)N1CCOC(c2ccccc2F)C1. The van der Waals surface area contributed by atoms with Crippen LogP contribution in [-0.4, -0.2) is 59.0 Å². The van der Waals surface area contributed by atoms with Crippen molar-refractivity contribution >= 4 is 23.6 Å². The molecule has 146 valence electrons. The number of carbonyl (C=O) groups is 2. The molecular weight excluding hydrogens is 367 g/mol. The van der Waals surface area contributed by atoms with Gasteiger partial charge in [-0.05, 0) is 18.9 Å². The molecule has 0 aromatic heterocycles. The van der Waals surface area contributed by atoms with Crippen LogP contribution in [0.25, 0.3) is 0 Å². The predicted molar refractivity (Wildman–Crippen MR) is 102 cm³/mol. The van der Waals surface area contributed by atoms with Crippen LogP contribution in [0, 0.1) is 11.7 Å². The van der Waals surface area contributed by atoms with Gasteiger partial charge in [0.25, 0.3) is 0 Å². The number of hydrogen-bond donors (Lipinski definition) is 0. The van der Waals surface area contributed by atoms with Gasteiger partial charge in [0.2, 0.25) is 11.8 Å². The highest BCUT2D eigenvalue weighted by Gasteiger charge is 2.41.